The third-order valence-electron chi connectivity index (χ3n) is 3.75. The van der Waals surface area contributed by atoms with E-state index in [-0.39, 0.29) is 29.3 Å². The molecule has 2 saturated carbocycles. The number of hydrogen-bond acceptors (Lipinski definition) is 3. The van der Waals surface area contributed by atoms with Crippen LogP contribution < -0.4 is 5.73 Å². The van der Waals surface area contributed by atoms with Gasteiger partial charge in [0.2, 0.25) is 0 Å². The van der Waals surface area contributed by atoms with Crippen molar-refractivity contribution in [1.82, 2.24) is 0 Å². The Labute approximate surface area is 84.4 Å². The van der Waals surface area contributed by atoms with Crippen LogP contribution in [0.25, 0.3) is 0 Å². The van der Waals surface area contributed by atoms with Crippen LogP contribution in [0, 0.1) is 5.41 Å². The van der Waals surface area contributed by atoms with E-state index in [0.29, 0.717) is 0 Å². The number of methoxy groups -OCH3 is 1. The third kappa shape index (κ3) is 1.10. The molecule has 0 bridgehead atoms. The smallest absolute Gasteiger partial charge is 0.313 e. The highest BCUT2D eigenvalue weighted by molar-refractivity contribution is 5.85. The summed E-state index contributed by atoms with van der Waals surface area (Å²) in [5.74, 6) is -0.0891. The van der Waals surface area contributed by atoms with E-state index in [1.807, 2.05) is 0 Å². The molecule has 0 spiro atoms. The summed E-state index contributed by atoms with van der Waals surface area (Å²) in [6, 6.07) is 0. The Morgan fingerprint density at radius 3 is 2.38 bits per heavy atom. The van der Waals surface area contributed by atoms with Crippen molar-refractivity contribution in [2.75, 3.05) is 7.11 Å². The molecule has 2 atom stereocenters. The zero-order chi connectivity index (χ0) is 8.82. The molecular formula is C9H16ClNO2. The van der Waals surface area contributed by atoms with Gasteiger partial charge in [0.05, 0.1) is 12.5 Å². The van der Waals surface area contributed by atoms with Crippen LogP contribution in [0.2, 0.25) is 0 Å². The molecule has 0 heterocycles. The number of halogens is 1. The Morgan fingerprint density at radius 1 is 1.31 bits per heavy atom. The third-order valence-corrected chi connectivity index (χ3v) is 3.75. The number of carbonyl (C=O) groups excluding carboxylic acids is 1. The van der Waals surface area contributed by atoms with Crippen molar-refractivity contribution in [3.8, 4) is 0 Å². The average molecular weight is 206 g/mol. The first-order valence-corrected chi connectivity index (χ1v) is 4.52. The van der Waals surface area contributed by atoms with Crippen LogP contribution in [0.4, 0.5) is 0 Å². The summed E-state index contributed by atoms with van der Waals surface area (Å²) in [7, 11) is 1.45. The fourth-order valence-electron chi connectivity index (χ4n) is 2.79. The maximum atomic E-state index is 11.5. The Balaban J connectivity index is 0.000000845. The number of ether oxygens (including phenoxy) is 1. The van der Waals surface area contributed by atoms with E-state index < -0.39 is 0 Å². The van der Waals surface area contributed by atoms with Crippen molar-refractivity contribution in [1.29, 1.82) is 0 Å². The number of hydrogen-bond donors (Lipinski definition) is 1. The van der Waals surface area contributed by atoms with Crippen molar-refractivity contribution in [3.63, 3.8) is 0 Å². The Bertz CT molecular complexity index is 234. The van der Waals surface area contributed by atoms with Gasteiger partial charge in [-0.15, -0.1) is 12.4 Å². The first-order valence-electron chi connectivity index (χ1n) is 4.52. The molecular weight excluding hydrogens is 190 g/mol. The Kier molecular flexibility index (Phi) is 2.61. The first kappa shape index (κ1) is 10.8. The standard InChI is InChI=1S/C9H15NO2.ClH/c1-12-7(11)8-3-2-4-9(8,10)6-5-8;/h2-6,10H2,1H3;1H/t8-,9-;/m1./s1. The fourth-order valence-corrected chi connectivity index (χ4v) is 2.79. The van der Waals surface area contributed by atoms with Crippen LogP contribution in [0.1, 0.15) is 32.1 Å². The highest BCUT2D eigenvalue weighted by Gasteiger charge is 2.64. The molecule has 0 aromatic rings. The lowest BCUT2D eigenvalue weighted by atomic mass is 9.57. The minimum Gasteiger partial charge on any atom is -0.469 e. The SMILES string of the molecule is COC(=O)[C@]12CCC[C@@]1(N)CC2.Cl. The van der Waals surface area contributed by atoms with Crippen molar-refractivity contribution in [2.45, 2.75) is 37.6 Å². The van der Waals surface area contributed by atoms with Crippen LogP contribution in [0.3, 0.4) is 0 Å². The van der Waals surface area contributed by atoms with E-state index in [1.54, 1.807) is 0 Å². The Hall–Kier alpha value is -0.280. The van der Waals surface area contributed by atoms with Gasteiger partial charge in [-0.3, -0.25) is 4.79 Å². The summed E-state index contributed by atoms with van der Waals surface area (Å²) in [5.41, 5.74) is 5.59. The lowest BCUT2D eigenvalue weighted by Gasteiger charge is -2.50. The lowest BCUT2D eigenvalue weighted by molar-refractivity contribution is -0.164. The predicted molar refractivity (Wildman–Crippen MR) is 51.7 cm³/mol. The van der Waals surface area contributed by atoms with Gasteiger partial charge in [-0.2, -0.15) is 0 Å². The van der Waals surface area contributed by atoms with Crippen LogP contribution in [0.5, 0.6) is 0 Å². The molecule has 0 unspecified atom stereocenters. The largest absolute Gasteiger partial charge is 0.469 e. The topological polar surface area (TPSA) is 52.3 Å². The number of fused-ring (bicyclic) bond motifs is 1. The number of nitrogens with two attached hydrogens (primary N) is 1. The highest BCUT2D eigenvalue weighted by Crippen LogP contribution is 2.59. The van der Waals surface area contributed by atoms with E-state index in [9.17, 15) is 4.79 Å². The normalized spacial score (nSPS) is 41.4. The summed E-state index contributed by atoms with van der Waals surface area (Å²) in [6.45, 7) is 0. The van der Waals surface area contributed by atoms with Crippen molar-refractivity contribution in [3.05, 3.63) is 0 Å². The second-order valence-corrected chi connectivity index (χ2v) is 4.08. The first-order chi connectivity index (χ1) is 5.65. The zero-order valence-electron chi connectivity index (χ0n) is 7.84. The summed E-state index contributed by atoms with van der Waals surface area (Å²) >= 11 is 0. The van der Waals surface area contributed by atoms with Crippen LogP contribution in [0.15, 0.2) is 0 Å². The number of esters is 1. The van der Waals surface area contributed by atoms with E-state index in [0.717, 1.165) is 32.1 Å². The van der Waals surface area contributed by atoms with E-state index >= 15 is 0 Å². The van der Waals surface area contributed by atoms with Crippen LogP contribution >= 0.6 is 12.4 Å². The second-order valence-electron chi connectivity index (χ2n) is 4.08. The minimum atomic E-state index is -0.304. The molecule has 76 valence electrons. The van der Waals surface area contributed by atoms with Gasteiger partial charge >= 0.3 is 5.97 Å². The molecule has 2 fully saturated rings. The summed E-state index contributed by atoms with van der Waals surface area (Å²) in [5, 5.41) is 0. The average Bonchev–Trinajstić information content (AvgIpc) is 2.28. The summed E-state index contributed by atoms with van der Waals surface area (Å²) < 4.78 is 4.81. The van der Waals surface area contributed by atoms with E-state index in [4.69, 9.17) is 10.5 Å². The molecule has 13 heavy (non-hydrogen) atoms. The lowest BCUT2D eigenvalue weighted by Crippen LogP contribution is -2.63. The van der Waals surface area contributed by atoms with Gasteiger partial charge in [0.1, 0.15) is 0 Å². The van der Waals surface area contributed by atoms with Gasteiger partial charge in [-0.1, -0.05) is 6.42 Å². The van der Waals surface area contributed by atoms with Gasteiger partial charge in [-0.25, -0.2) is 0 Å². The molecule has 3 nitrogen and oxygen atoms in total. The molecule has 4 heteroatoms. The summed E-state index contributed by atoms with van der Waals surface area (Å²) in [4.78, 5) is 11.5. The molecule has 2 aliphatic carbocycles. The zero-order valence-corrected chi connectivity index (χ0v) is 8.65. The molecule has 2 N–H and O–H groups in total. The van der Waals surface area contributed by atoms with Gasteiger partial charge in [-0.05, 0) is 25.7 Å². The van der Waals surface area contributed by atoms with Crippen LogP contribution in [-0.4, -0.2) is 18.6 Å². The number of rotatable bonds is 1. The van der Waals surface area contributed by atoms with Crippen molar-refractivity contribution >= 4 is 18.4 Å². The van der Waals surface area contributed by atoms with Gasteiger partial charge < -0.3 is 10.5 Å². The molecule has 0 saturated heterocycles. The fraction of sp³-hybridized carbons (Fsp3) is 0.889. The molecule has 2 rings (SSSR count). The maximum absolute atomic E-state index is 11.5. The Morgan fingerprint density at radius 2 is 2.00 bits per heavy atom. The van der Waals surface area contributed by atoms with Crippen molar-refractivity contribution in [2.24, 2.45) is 11.1 Å². The summed E-state index contributed by atoms with van der Waals surface area (Å²) in [6.07, 6.45) is 4.90. The highest BCUT2D eigenvalue weighted by atomic mass is 35.5. The second kappa shape index (κ2) is 3.14. The molecule has 0 aliphatic heterocycles. The predicted octanol–water partition coefficient (Wildman–Crippen LogP) is 1.24. The van der Waals surface area contributed by atoms with E-state index in [1.165, 1.54) is 7.11 Å². The van der Waals surface area contributed by atoms with Gasteiger partial charge in [0, 0.05) is 5.54 Å². The molecule has 0 aromatic carbocycles. The molecule has 0 amide bonds. The molecule has 0 radical (unpaired) electrons. The van der Waals surface area contributed by atoms with Crippen LogP contribution in [-0.2, 0) is 9.53 Å². The van der Waals surface area contributed by atoms with Crippen molar-refractivity contribution < 1.29 is 9.53 Å². The number of carbonyl (C=O) groups is 1. The van der Waals surface area contributed by atoms with Gasteiger partial charge in [0.25, 0.3) is 0 Å². The maximum Gasteiger partial charge on any atom is 0.313 e. The molecule has 0 aromatic heterocycles. The molecule has 2 aliphatic rings. The monoisotopic (exact) mass is 205 g/mol. The van der Waals surface area contributed by atoms with E-state index in [2.05, 4.69) is 0 Å². The van der Waals surface area contributed by atoms with Gasteiger partial charge in [0.15, 0.2) is 0 Å². The minimum absolute atomic E-state index is 0. The quantitative estimate of drug-likeness (QED) is 0.656.